The Balaban J connectivity index is 3.18. The molecule has 0 radical (unpaired) electrons. The molecule has 3 unspecified atom stereocenters. The highest BCUT2D eigenvalue weighted by Crippen LogP contribution is 2.16. The summed E-state index contributed by atoms with van der Waals surface area (Å²) in [7, 11) is 0. The number of carbonyl (C=O) groups excluding carboxylic acids is 1. The smallest absolute Gasteiger partial charge is 0.320 e. The largest absolute Gasteiger partial charge is 0.480 e. The first kappa shape index (κ1) is 26.7. The van der Waals surface area contributed by atoms with E-state index in [-0.39, 0.29) is 0 Å². The quantitative estimate of drug-likeness (QED) is 0.181. The maximum Gasteiger partial charge on any atom is 0.320 e. The maximum absolute atomic E-state index is 11.2. The van der Waals surface area contributed by atoms with Crippen LogP contribution >= 0.6 is 0 Å². The fourth-order valence-corrected chi connectivity index (χ4v) is 3.44. The van der Waals surface area contributed by atoms with E-state index >= 15 is 0 Å². The lowest BCUT2D eigenvalue weighted by Crippen LogP contribution is -2.41. The Hall–Kier alpha value is -2.36. The average molecular weight is 438 g/mol. The van der Waals surface area contributed by atoms with Gasteiger partial charge in [-0.05, 0) is 44.6 Å². The molecule has 0 aromatic carbocycles. The van der Waals surface area contributed by atoms with Gasteiger partial charge >= 0.3 is 11.9 Å². The number of aldehydes is 1. The lowest BCUT2D eigenvalue weighted by atomic mass is 9.96. The van der Waals surface area contributed by atoms with Crippen molar-refractivity contribution in [3.8, 4) is 0 Å². The molecule has 3 atom stereocenters. The van der Waals surface area contributed by atoms with Crippen LogP contribution in [0, 0.1) is 0 Å². The summed E-state index contributed by atoms with van der Waals surface area (Å²) >= 11 is 0. The number of aliphatic carboxylic acids is 2. The zero-order chi connectivity index (χ0) is 23.4. The van der Waals surface area contributed by atoms with Crippen molar-refractivity contribution >= 4 is 18.2 Å². The highest BCUT2D eigenvalue weighted by Gasteiger charge is 2.21. The Bertz CT molecular complexity index is 741. The summed E-state index contributed by atoms with van der Waals surface area (Å²) in [6.45, 7) is 2.90. The third kappa shape index (κ3) is 9.54. The molecular weight excluding hydrogens is 400 g/mol. The Morgan fingerprint density at radius 1 is 1.00 bits per heavy atom. The normalized spacial score (nSPS) is 14.1. The van der Waals surface area contributed by atoms with Crippen LogP contribution in [0.25, 0.3) is 0 Å². The van der Waals surface area contributed by atoms with Gasteiger partial charge in [-0.25, -0.2) is 4.57 Å². The second kappa shape index (κ2) is 13.8. The fourth-order valence-electron chi connectivity index (χ4n) is 3.44. The molecule has 1 rings (SSSR count). The SMILES string of the molecule is CCCC[n+]1cc(CCC(N)C=O)cc(CCC(N)C(=O)O)c1CCCC(N)C(=O)O. The van der Waals surface area contributed by atoms with Crippen LogP contribution in [0.2, 0.25) is 0 Å². The van der Waals surface area contributed by atoms with E-state index in [9.17, 15) is 14.4 Å². The van der Waals surface area contributed by atoms with E-state index < -0.39 is 30.1 Å². The zero-order valence-corrected chi connectivity index (χ0v) is 18.3. The van der Waals surface area contributed by atoms with Gasteiger partial charge in [0.05, 0.1) is 6.04 Å². The topological polar surface area (TPSA) is 174 Å². The van der Waals surface area contributed by atoms with E-state index in [1.807, 2.05) is 6.07 Å². The lowest BCUT2D eigenvalue weighted by Gasteiger charge is -2.14. The first-order valence-electron chi connectivity index (χ1n) is 10.9. The molecule has 8 N–H and O–H groups in total. The van der Waals surface area contributed by atoms with Gasteiger partial charge in [0, 0.05) is 24.0 Å². The number of hydrogen-bond donors (Lipinski definition) is 5. The van der Waals surface area contributed by atoms with E-state index in [0.717, 1.165) is 42.5 Å². The number of aryl methyl sites for hydroxylation is 3. The molecule has 0 bridgehead atoms. The van der Waals surface area contributed by atoms with Crippen LogP contribution in [-0.4, -0.2) is 46.6 Å². The van der Waals surface area contributed by atoms with Crippen LogP contribution in [0.3, 0.4) is 0 Å². The van der Waals surface area contributed by atoms with Crippen molar-refractivity contribution in [2.24, 2.45) is 17.2 Å². The van der Waals surface area contributed by atoms with Gasteiger partial charge in [0.2, 0.25) is 0 Å². The molecule has 0 aliphatic heterocycles. The predicted octanol–water partition coefficient (Wildman–Crippen LogP) is 0.312. The van der Waals surface area contributed by atoms with Crippen LogP contribution in [-0.2, 0) is 40.2 Å². The van der Waals surface area contributed by atoms with Crippen molar-refractivity contribution in [3.63, 3.8) is 0 Å². The van der Waals surface area contributed by atoms with Crippen molar-refractivity contribution in [1.29, 1.82) is 0 Å². The summed E-state index contributed by atoms with van der Waals surface area (Å²) in [6, 6.07) is -0.354. The standard InChI is InChI=1S/C22H36N4O5/c1-2-3-11-26-13-15(7-9-17(23)14-27)12-16(8-10-19(25)22(30)31)20(26)6-4-5-18(24)21(28)29/h12-14,17-19H,2-11,23-25H2,1H3,(H-,28,29,30,31)/p+1. The Kier molecular flexibility index (Phi) is 11.9. The summed E-state index contributed by atoms with van der Waals surface area (Å²) in [4.78, 5) is 33.0. The van der Waals surface area contributed by atoms with Crippen LogP contribution in [0.5, 0.6) is 0 Å². The summed E-state index contributed by atoms with van der Waals surface area (Å²) in [6.07, 6.45) is 8.31. The molecule has 0 amide bonds. The number of carbonyl (C=O) groups is 3. The van der Waals surface area contributed by atoms with Gasteiger partial charge in [-0.2, -0.15) is 0 Å². The molecule has 31 heavy (non-hydrogen) atoms. The number of nitrogens with two attached hydrogens (primary N) is 3. The van der Waals surface area contributed by atoms with Crippen molar-refractivity contribution < 1.29 is 29.2 Å². The van der Waals surface area contributed by atoms with Crippen molar-refractivity contribution in [1.82, 2.24) is 0 Å². The number of hydrogen-bond acceptors (Lipinski definition) is 6. The second-order valence-electron chi connectivity index (χ2n) is 8.03. The second-order valence-corrected chi connectivity index (χ2v) is 8.03. The molecule has 9 heteroatoms. The molecule has 0 aliphatic carbocycles. The Morgan fingerprint density at radius 2 is 1.65 bits per heavy atom. The van der Waals surface area contributed by atoms with E-state index in [0.29, 0.717) is 44.9 Å². The van der Waals surface area contributed by atoms with E-state index in [1.54, 1.807) is 0 Å². The highest BCUT2D eigenvalue weighted by molar-refractivity contribution is 5.73. The minimum absolute atomic E-state index is 0.294. The summed E-state index contributed by atoms with van der Waals surface area (Å²) in [5, 5.41) is 18.2. The molecule has 0 aliphatic rings. The monoisotopic (exact) mass is 437 g/mol. The van der Waals surface area contributed by atoms with Gasteiger partial charge in [-0.15, -0.1) is 0 Å². The third-order valence-corrected chi connectivity index (χ3v) is 5.38. The van der Waals surface area contributed by atoms with Crippen LogP contribution < -0.4 is 21.8 Å². The third-order valence-electron chi connectivity index (χ3n) is 5.38. The molecule has 9 nitrogen and oxygen atoms in total. The maximum atomic E-state index is 11.2. The first-order chi connectivity index (χ1) is 14.7. The number of carboxylic acids is 2. The lowest BCUT2D eigenvalue weighted by molar-refractivity contribution is -0.705. The minimum atomic E-state index is -1.04. The molecule has 0 spiro atoms. The highest BCUT2D eigenvalue weighted by atomic mass is 16.4. The molecule has 1 aromatic rings. The number of nitrogens with zero attached hydrogens (tertiary/aromatic N) is 1. The number of unbranched alkanes of at least 4 members (excludes halogenated alkanes) is 1. The van der Waals surface area contributed by atoms with Crippen molar-refractivity contribution in [3.05, 3.63) is 29.1 Å². The van der Waals surface area contributed by atoms with Crippen LogP contribution in [0.4, 0.5) is 0 Å². The number of aromatic nitrogens is 1. The summed E-state index contributed by atoms with van der Waals surface area (Å²) in [5.74, 6) is -2.06. The Labute approximate surface area is 183 Å². The number of rotatable bonds is 16. The molecule has 1 aromatic heterocycles. The van der Waals surface area contributed by atoms with Gasteiger partial charge < -0.3 is 32.2 Å². The van der Waals surface area contributed by atoms with Gasteiger partial charge in [0.15, 0.2) is 11.9 Å². The zero-order valence-electron chi connectivity index (χ0n) is 18.3. The van der Waals surface area contributed by atoms with E-state index in [2.05, 4.69) is 17.7 Å². The van der Waals surface area contributed by atoms with Gasteiger partial charge in [0.25, 0.3) is 0 Å². The van der Waals surface area contributed by atoms with E-state index in [4.69, 9.17) is 27.4 Å². The van der Waals surface area contributed by atoms with E-state index in [1.165, 1.54) is 0 Å². The van der Waals surface area contributed by atoms with Crippen molar-refractivity contribution in [2.75, 3.05) is 0 Å². The molecule has 0 fully saturated rings. The molecular formula is C22H37N4O5+. The average Bonchev–Trinajstić information content (AvgIpc) is 2.74. The molecule has 1 heterocycles. The van der Waals surface area contributed by atoms with Gasteiger partial charge in [0.1, 0.15) is 24.9 Å². The summed E-state index contributed by atoms with van der Waals surface area (Å²) < 4.78 is 2.17. The Morgan fingerprint density at radius 3 is 2.23 bits per heavy atom. The number of carboxylic acid groups (broad SMARTS) is 2. The van der Waals surface area contributed by atoms with Crippen LogP contribution in [0.15, 0.2) is 12.3 Å². The molecule has 0 saturated heterocycles. The molecule has 174 valence electrons. The van der Waals surface area contributed by atoms with Crippen LogP contribution in [0.1, 0.15) is 62.3 Å². The summed E-state index contributed by atoms with van der Waals surface area (Å²) in [5.41, 5.74) is 20.2. The predicted molar refractivity (Wildman–Crippen MR) is 116 cm³/mol. The van der Waals surface area contributed by atoms with Gasteiger partial charge in [-0.3, -0.25) is 9.59 Å². The molecule has 0 saturated carbocycles. The number of pyridine rings is 1. The first-order valence-corrected chi connectivity index (χ1v) is 10.9. The van der Waals surface area contributed by atoms with Gasteiger partial charge in [-0.1, -0.05) is 13.3 Å². The minimum Gasteiger partial charge on any atom is -0.480 e. The fraction of sp³-hybridized carbons (Fsp3) is 0.636. The van der Waals surface area contributed by atoms with Crippen molar-refractivity contribution in [2.45, 2.75) is 89.4 Å².